The zero-order valence-corrected chi connectivity index (χ0v) is 28.0. The predicted octanol–water partition coefficient (Wildman–Crippen LogP) is 11.4. The summed E-state index contributed by atoms with van der Waals surface area (Å²) < 4.78 is 6.84. The lowest BCUT2D eigenvalue weighted by atomic mass is 9.66. The van der Waals surface area contributed by atoms with Gasteiger partial charge in [0.25, 0.3) is 0 Å². The largest absolute Gasteiger partial charge is 0.457 e. The highest BCUT2D eigenvalue weighted by Crippen LogP contribution is 2.55. The molecule has 0 bridgehead atoms. The van der Waals surface area contributed by atoms with Crippen LogP contribution < -0.4 is 4.74 Å². The second-order valence-corrected chi connectivity index (χ2v) is 13.5. The third-order valence-corrected chi connectivity index (χ3v) is 10.3. The van der Waals surface area contributed by atoms with Crippen molar-refractivity contribution in [2.75, 3.05) is 0 Å². The molecule has 0 spiro atoms. The molecule has 7 aromatic rings. The number of benzene rings is 5. The molecule has 232 valence electrons. The molecule has 0 saturated carbocycles. The van der Waals surface area contributed by atoms with Gasteiger partial charge >= 0.3 is 0 Å². The van der Waals surface area contributed by atoms with Gasteiger partial charge in [-0.2, -0.15) is 0 Å². The van der Waals surface area contributed by atoms with Gasteiger partial charge < -0.3 is 4.74 Å². The van der Waals surface area contributed by atoms with Crippen molar-refractivity contribution >= 4 is 11.8 Å². The van der Waals surface area contributed by atoms with Crippen LogP contribution in [0.15, 0.2) is 162 Å². The lowest BCUT2D eigenvalue weighted by Crippen LogP contribution is -2.34. The Balaban J connectivity index is 1.31. The van der Waals surface area contributed by atoms with E-state index in [1.54, 1.807) is 0 Å². The summed E-state index contributed by atoms with van der Waals surface area (Å²) in [6.45, 7) is 6.51. The van der Waals surface area contributed by atoms with Gasteiger partial charge in [0.15, 0.2) is 0 Å². The number of hydrogen-bond acceptors (Lipinski definition) is 4. The molecule has 8 rings (SSSR count). The number of aromatic nitrogens is 2. The van der Waals surface area contributed by atoms with Gasteiger partial charge in [-0.1, -0.05) is 90.1 Å². The highest BCUT2D eigenvalue weighted by Gasteiger charge is 2.45. The Morgan fingerprint density at radius 3 is 1.85 bits per heavy atom. The van der Waals surface area contributed by atoms with Crippen molar-refractivity contribution in [2.24, 2.45) is 0 Å². The number of hydrogen-bond donors (Lipinski definition) is 0. The van der Waals surface area contributed by atoms with Gasteiger partial charge in [-0.3, -0.25) is 9.97 Å². The van der Waals surface area contributed by atoms with Crippen molar-refractivity contribution in [3.8, 4) is 33.9 Å². The Kier molecular flexibility index (Phi) is 7.66. The molecular weight excluding hydrogens is 605 g/mol. The topological polar surface area (TPSA) is 35.0 Å². The fourth-order valence-corrected chi connectivity index (χ4v) is 8.55. The molecule has 1 aliphatic heterocycles. The summed E-state index contributed by atoms with van der Waals surface area (Å²) >= 11 is 1.82. The first-order valence-electron chi connectivity index (χ1n) is 16.2. The van der Waals surface area contributed by atoms with Crippen molar-refractivity contribution in [3.63, 3.8) is 0 Å². The molecule has 0 aliphatic carbocycles. The fraction of sp³-hybridized carbons (Fsp3) is 0.0909. The molecule has 2 aromatic heterocycles. The first kappa shape index (κ1) is 29.9. The predicted molar refractivity (Wildman–Crippen MR) is 196 cm³/mol. The van der Waals surface area contributed by atoms with E-state index in [0.717, 1.165) is 39.6 Å². The average Bonchev–Trinajstić information content (AvgIpc) is 3.11. The Bertz CT molecular complexity index is 2210. The number of nitrogens with zero attached hydrogens (tertiary/aromatic N) is 2. The number of fused-ring (bicyclic) bond motifs is 2. The maximum Gasteiger partial charge on any atom is 0.128 e. The van der Waals surface area contributed by atoms with E-state index in [1.807, 2.05) is 54.5 Å². The van der Waals surface area contributed by atoms with Crippen LogP contribution in [0.3, 0.4) is 0 Å². The molecule has 4 heteroatoms. The Morgan fingerprint density at radius 2 is 1.19 bits per heavy atom. The standard InChI is InChI=1S/C44H34N2OS/c1-29-23-30(2)43(31(3)24-29)33-25-32(39-17-8-10-21-45-39)26-36(27-33)47-35-14-12-13-34(28-35)44(42-20-9-11-22-46-42)37-15-4-6-18-40(37)48-41-19-7-5-16-38(41)44/h4-28H,1-3H3. The Morgan fingerprint density at radius 1 is 0.542 bits per heavy atom. The second-order valence-electron chi connectivity index (χ2n) is 12.4. The van der Waals surface area contributed by atoms with Crippen LogP contribution >= 0.6 is 11.8 Å². The SMILES string of the molecule is Cc1cc(C)c(-c2cc(Oc3cccc(C4(c5ccccn5)c5ccccc5Sc5ccccc54)c3)cc(-c3ccccn3)c2)c(C)c1. The van der Waals surface area contributed by atoms with Gasteiger partial charge in [0.1, 0.15) is 11.5 Å². The van der Waals surface area contributed by atoms with Crippen molar-refractivity contribution in [1.29, 1.82) is 0 Å². The molecule has 0 unspecified atom stereocenters. The molecule has 0 radical (unpaired) electrons. The van der Waals surface area contributed by atoms with E-state index in [4.69, 9.17) is 9.72 Å². The maximum atomic E-state index is 6.84. The smallest absolute Gasteiger partial charge is 0.128 e. The summed E-state index contributed by atoms with van der Waals surface area (Å²) in [4.78, 5) is 12.2. The lowest BCUT2D eigenvalue weighted by Gasteiger charge is -2.40. The van der Waals surface area contributed by atoms with Crippen LogP contribution in [0.2, 0.25) is 0 Å². The lowest BCUT2D eigenvalue weighted by molar-refractivity contribution is 0.481. The molecule has 1 aliphatic rings. The van der Waals surface area contributed by atoms with E-state index in [1.165, 1.54) is 43.2 Å². The summed E-state index contributed by atoms with van der Waals surface area (Å²) in [5.74, 6) is 1.52. The fourth-order valence-electron chi connectivity index (χ4n) is 7.36. The molecule has 3 nitrogen and oxygen atoms in total. The van der Waals surface area contributed by atoms with Crippen LogP contribution in [0.4, 0.5) is 0 Å². The van der Waals surface area contributed by atoms with E-state index in [-0.39, 0.29) is 0 Å². The molecular formula is C44H34N2OS. The molecule has 0 N–H and O–H groups in total. The third kappa shape index (κ3) is 5.19. The van der Waals surface area contributed by atoms with Crippen LogP contribution in [-0.4, -0.2) is 9.97 Å². The van der Waals surface area contributed by atoms with Crippen molar-refractivity contribution in [3.05, 3.63) is 191 Å². The minimum Gasteiger partial charge on any atom is -0.457 e. The number of aryl methyl sites for hydroxylation is 3. The third-order valence-electron chi connectivity index (χ3n) is 9.19. The number of rotatable bonds is 6. The van der Waals surface area contributed by atoms with E-state index in [0.29, 0.717) is 0 Å². The first-order valence-corrected chi connectivity index (χ1v) is 17.0. The quantitative estimate of drug-likeness (QED) is 0.182. The zero-order chi connectivity index (χ0) is 32.7. The molecule has 3 heterocycles. The first-order chi connectivity index (χ1) is 23.5. The summed E-state index contributed by atoms with van der Waals surface area (Å²) in [5, 5.41) is 0. The van der Waals surface area contributed by atoms with Gasteiger partial charge in [-0.25, -0.2) is 0 Å². The van der Waals surface area contributed by atoms with Crippen molar-refractivity contribution < 1.29 is 4.74 Å². The van der Waals surface area contributed by atoms with Crippen LogP contribution in [0.1, 0.15) is 39.1 Å². The molecule has 0 atom stereocenters. The van der Waals surface area contributed by atoms with Crippen LogP contribution in [0.25, 0.3) is 22.4 Å². The Labute approximate surface area is 286 Å². The number of ether oxygens (including phenoxy) is 1. The van der Waals surface area contributed by atoms with Crippen molar-refractivity contribution in [1.82, 2.24) is 9.97 Å². The van der Waals surface area contributed by atoms with Gasteiger partial charge in [0.05, 0.1) is 16.8 Å². The van der Waals surface area contributed by atoms with Crippen LogP contribution in [-0.2, 0) is 5.41 Å². The van der Waals surface area contributed by atoms with Gasteiger partial charge in [0, 0.05) is 27.7 Å². The summed E-state index contributed by atoms with van der Waals surface area (Å²) in [5.41, 5.74) is 11.9. The summed E-state index contributed by atoms with van der Waals surface area (Å²) in [6, 6.07) is 49.1. The van der Waals surface area contributed by atoms with Crippen molar-refractivity contribution in [2.45, 2.75) is 36.0 Å². The molecule has 48 heavy (non-hydrogen) atoms. The van der Waals surface area contributed by atoms with E-state index in [2.05, 4.69) is 135 Å². The van der Waals surface area contributed by atoms with E-state index >= 15 is 0 Å². The van der Waals surface area contributed by atoms with Crippen LogP contribution in [0.5, 0.6) is 11.5 Å². The summed E-state index contributed by atoms with van der Waals surface area (Å²) in [6.07, 6.45) is 3.73. The van der Waals surface area contributed by atoms with Gasteiger partial charge in [-0.05, 0) is 126 Å². The van der Waals surface area contributed by atoms with Gasteiger partial charge in [0.2, 0.25) is 0 Å². The number of pyridine rings is 2. The highest BCUT2D eigenvalue weighted by atomic mass is 32.2. The van der Waals surface area contributed by atoms with Crippen LogP contribution in [0, 0.1) is 20.8 Å². The van der Waals surface area contributed by atoms with Gasteiger partial charge in [-0.15, -0.1) is 0 Å². The Hall–Kier alpha value is -5.45. The molecule has 0 saturated heterocycles. The normalized spacial score (nSPS) is 13.0. The monoisotopic (exact) mass is 638 g/mol. The highest BCUT2D eigenvalue weighted by molar-refractivity contribution is 7.99. The van der Waals surface area contributed by atoms with E-state index < -0.39 is 5.41 Å². The van der Waals surface area contributed by atoms with E-state index in [9.17, 15) is 0 Å². The molecule has 5 aromatic carbocycles. The average molecular weight is 639 g/mol. The second kappa shape index (κ2) is 12.3. The molecule has 0 amide bonds. The minimum absolute atomic E-state index is 0.629. The minimum atomic E-state index is -0.629. The summed E-state index contributed by atoms with van der Waals surface area (Å²) in [7, 11) is 0. The zero-order valence-electron chi connectivity index (χ0n) is 27.1. The maximum absolute atomic E-state index is 6.84. The molecule has 0 fully saturated rings.